The Labute approximate surface area is 205 Å². The van der Waals surface area contributed by atoms with Crippen molar-refractivity contribution in [1.82, 2.24) is 15.3 Å². The number of hydrogen-bond acceptors (Lipinski definition) is 9. The lowest BCUT2D eigenvalue weighted by atomic mass is 10.1. The van der Waals surface area contributed by atoms with E-state index in [2.05, 4.69) is 15.3 Å². The summed E-state index contributed by atoms with van der Waals surface area (Å²) in [5.74, 6) is -3.20. The molecule has 0 aliphatic heterocycles. The molecular weight excluding hydrogens is 470 g/mol. The highest BCUT2D eigenvalue weighted by Crippen LogP contribution is 2.20. The largest absolute Gasteiger partial charge is 0.481 e. The first-order valence-corrected chi connectivity index (χ1v) is 10.9. The Hall–Kier alpha value is -4.74. The first-order chi connectivity index (χ1) is 17.1. The number of esters is 1. The van der Waals surface area contributed by atoms with Gasteiger partial charge in [-0.3, -0.25) is 14.4 Å². The highest BCUT2D eigenvalue weighted by atomic mass is 16.5. The second-order valence-corrected chi connectivity index (χ2v) is 7.97. The zero-order chi connectivity index (χ0) is 26.2. The summed E-state index contributed by atoms with van der Waals surface area (Å²) < 4.78 is 5.32. The van der Waals surface area contributed by atoms with E-state index in [-0.39, 0.29) is 43.2 Å². The van der Waals surface area contributed by atoms with Gasteiger partial charge in [0.05, 0.1) is 5.52 Å². The van der Waals surface area contributed by atoms with Gasteiger partial charge in [0, 0.05) is 23.8 Å². The minimum atomic E-state index is -1.31. The van der Waals surface area contributed by atoms with Gasteiger partial charge in [-0.25, -0.2) is 9.78 Å². The van der Waals surface area contributed by atoms with E-state index in [1.54, 1.807) is 30.3 Å². The van der Waals surface area contributed by atoms with Gasteiger partial charge in [-0.05, 0) is 48.2 Å². The number of anilines is 2. The number of hydrogen-bond donors (Lipinski definition) is 5. The van der Waals surface area contributed by atoms with Crippen LogP contribution in [0, 0.1) is 0 Å². The van der Waals surface area contributed by atoms with Gasteiger partial charge in [0.2, 0.25) is 5.95 Å². The number of carbonyl (C=O) groups excluding carboxylic acids is 2. The summed E-state index contributed by atoms with van der Waals surface area (Å²) >= 11 is 0. The highest BCUT2D eigenvalue weighted by Gasteiger charge is 2.21. The maximum atomic E-state index is 12.3. The van der Waals surface area contributed by atoms with E-state index < -0.39 is 29.9 Å². The van der Waals surface area contributed by atoms with Crippen molar-refractivity contribution < 1.29 is 34.1 Å². The van der Waals surface area contributed by atoms with Gasteiger partial charge in [0.15, 0.2) is 0 Å². The van der Waals surface area contributed by atoms with E-state index in [0.29, 0.717) is 22.9 Å². The quantitative estimate of drug-likeness (QED) is 0.241. The summed E-state index contributed by atoms with van der Waals surface area (Å²) in [5.41, 5.74) is 13.8. The Morgan fingerprint density at radius 1 is 0.944 bits per heavy atom. The third-order valence-electron chi connectivity index (χ3n) is 5.29. The van der Waals surface area contributed by atoms with Crippen LogP contribution in [0.25, 0.3) is 10.9 Å². The number of amides is 1. The third kappa shape index (κ3) is 7.13. The van der Waals surface area contributed by atoms with Crippen LogP contribution in [0.15, 0.2) is 42.5 Å². The number of nitrogen functional groups attached to an aromatic ring is 2. The van der Waals surface area contributed by atoms with Crippen molar-refractivity contribution in [3.63, 3.8) is 0 Å². The minimum absolute atomic E-state index is 0.0460. The Morgan fingerprint density at radius 3 is 2.31 bits per heavy atom. The second kappa shape index (κ2) is 11.6. The first kappa shape index (κ1) is 25.9. The lowest BCUT2D eigenvalue weighted by Gasteiger charge is -2.13. The molecule has 1 heterocycles. The molecule has 7 N–H and O–H groups in total. The lowest BCUT2D eigenvalue weighted by Crippen LogP contribution is -2.41. The predicted octanol–water partition coefficient (Wildman–Crippen LogP) is 1.52. The monoisotopic (exact) mass is 495 g/mol. The molecule has 1 aromatic heterocycles. The maximum Gasteiger partial charge on any atom is 0.326 e. The van der Waals surface area contributed by atoms with Crippen LogP contribution in [-0.4, -0.2) is 50.0 Å². The predicted molar refractivity (Wildman–Crippen MR) is 129 cm³/mol. The van der Waals surface area contributed by atoms with Crippen LogP contribution in [0.3, 0.4) is 0 Å². The number of rotatable bonds is 11. The van der Waals surface area contributed by atoms with Crippen LogP contribution in [0.1, 0.15) is 40.7 Å². The minimum Gasteiger partial charge on any atom is -0.481 e. The molecule has 2 aromatic carbocycles. The van der Waals surface area contributed by atoms with Crippen LogP contribution >= 0.6 is 0 Å². The molecule has 0 saturated carbocycles. The van der Waals surface area contributed by atoms with Crippen LogP contribution in [0.4, 0.5) is 11.8 Å². The molecule has 0 fully saturated rings. The molecule has 1 atom stereocenters. The SMILES string of the molecule is Nc1nc(N)c2cc(COC(=O)CCc3ccc(C(=O)NC(CCC(=O)O)C(=O)O)cc3)ccc2n1. The van der Waals surface area contributed by atoms with E-state index in [9.17, 15) is 19.2 Å². The lowest BCUT2D eigenvalue weighted by molar-refractivity contribution is -0.145. The number of benzene rings is 2. The van der Waals surface area contributed by atoms with E-state index >= 15 is 0 Å². The number of nitrogens with zero attached hydrogens (tertiary/aromatic N) is 2. The number of nitrogens with two attached hydrogens (primary N) is 2. The average molecular weight is 495 g/mol. The first-order valence-electron chi connectivity index (χ1n) is 10.9. The van der Waals surface area contributed by atoms with Crippen molar-refractivity contribution in [2.75, 3.05) is 11.5 Å². The molecule has 3 aromatic rings. The molecule has 3 rings (SSSR count). The molecule has 188 valence electrons. The number of carboxylic acid groups (broad SMARTS) is 2. The number of aromatic nitrogens is 2. The van der Waals surface area contributed by atoms with Crippen LogP contribution in [0.2, 0.25) is 0 Å². The molecule has 0 saturated heterocycles. The van der Waals surface area contributed by atoms with E-state index in [1.807, 2.05) is 0 Å². The molecule has 36 heavy (non-hydrogen) atoms. The smallest absolute Gasteiger partial charge is 0.326 e. The summed E-state index contributed by atoms with van der Waals surface area (Å²) in [4.78, 5) is 54.4. The van der Waals surface area contributed by atoms with E-state index in [0.717, 1.165) is 5.56 Å². The number of aliphatic carboxylic acids is 2. The van der Waals surface area contributed by atoms with Gasteiger partial charge in [0.1, 0.15) is 18.5 Å². The second-order valence-electron chi connectivity index (χ2n) is 7.97. The normalized spacial score (nSPS) is 11.6. The van der Waals surface area contributed by atoms with Crippen molar-refractivity contribution >= 4 is 46.5 Å². The number of nitrogens with one attached hydrogen (secondary N) is 1. The fourth-order valence-electron chi connectivity index (χ4n) is 3.38. The summed E-state index contributed by atoms with van der Waals surface area (Å²) in [6, 6.07) is 10.2. The van der Waals surface area contributed by atoms with Crippen molar-refractivity contribution in [2.24, 2.45) is 0 Å². The van der Waals surface area contributed by atoms with Crippen LogP contribution in [-0.2, 0) is 32.1 Å². The Balaban J connectivity index is 1.49. The molecule has 0 spiro atoms. The molecule has 12 heteroatoms. The fourth-order valence-corrected chi connectivity index (χ4v) is 3.38. The summed E-state index contributed by atoms with van der Waals surface area (Å²) in [7, 11) is 0. The summed E-state index contributed by atoms with van der Waals surface area (Å²) in [6.45, 7) is 0.0460. The molecular formula is C24H25N5O7. The number of carboxylic acids is 2. The number of aryl methyl sites for hydroxylation is 1. The van der Waals surface area contributed by atoms with Gasteiger partial charge in [0.25, 0.3) is 5.91 Å². The summed E-state index contributed by atoms with van der Waals surface area (Å²) in [5, 5.41) is 20.8. The number of fused-ring (bicyclic) bond motifs is 1. The van der Waals surface area contributed by atoms with Crippen molar-refractivity contribution in [1.29, 1.82) is 0 Å². The maximum absolute atomic E-state index is 12.3. The molecule has 1 unspecified atom stereocenters. The Morgan fingerprint density at radius 2 is 1.64 bits per heavy atom. The number of ether oxygens (including phenoxy) is 1. The average Bonchev–Trinajstić information content (AvgIpc) is 2.84. The van der Waals surface area contributed by atoms with Crippen LogP contribution < -0.4 is 16.8 Å². The third-order valence-corrected chi connectivity index (χ3v) is 5.29. The van der Waals surface area contributed by atoms with E-state index in [4.69, 9.17) is 26.4 Å². The zero-order valence-electron chi connectivity index (χ0n) is 19.1. The fraction of sp³-hybridized carbons (Fsp3) is 0.250. The van der Waals surface area contributed by atoms with Gasteiger partial charge < -0.3 is 31.7 Å². The molecule has 0 bridgehead atoms. The van der Waals surface area contributed by atoms with E-state index in [1.165, 1.54) is 12.1 Å². The Bertz CT molecular complexity index is 1290. The van der Waals surface area contributed by atoms with Crippen molar-refractivity contribution in [2.45, 2.75) is 38.3 Å². The van der Waals surface area contributed by atoms with Gasteiger partial charge in [-0.2, -0.15) is 4.98 Å². The van der Waals surface area contributed by atoms with Gasteiger partial charge in [-0.1, -0.05) is 18.2 Å². The molecule has 12 nitrogen and oxygen atoms in total. The molecule has 1 amide bonds. The highest BCUT2D eigenvalue weighted by molar-refractivity contribution is 5.96. The standard InChI is InChI=1S/C24H25N5O7/c25-21-16-11-14(3-7-17(16)28-24(26)29-21)12-36-20(32)10-4-13-1-5-15(6-2-13)22(33)27-18(23(34)35)8-9-19(30)31/h1-3,5-7,11,18H,4,8-10,12H2,(H,27,33)(H,30,31)(H,34,35)(H4,25,26,28,29). The van der Waals surface area contributed by atoms with Crippen molar-refractivity contribution in [3.8, 4) is 0 Å². The van der Waals surface area contributed by atoms with Crippen molar-refractivity contribution in [3.05, 3.63) is 59.2 Å². The topological polar surface area (TPSA) is 208 Å². The summed E-state index contributed by atoms with van der Waals surface area (Å²) in [6.07, 6.45) is -0.136. The molecule has 0 radical (unpaired) electrons. The Kier molecular flexibility index (Phi) is 8.34. The number of carbonyl (C=O) groups is 4. The molecule has 0 aliphatic carbocycles. The van der Waals surface area contributed by atoms with Gasteiger partial charge >= 0.3 is 17.9 Å². The van der Waals surface area contributed by atoms with Gasteiger partial charge in [-0.15, -0.1) is 0 Å². The van der Waals surface area contributed by atoms with Crippen LogP contribution in [0.5, 0.6) is 0 Å². The zero-order valence-corrected chi connectivity index (χ0v) is 19.1. The molecule has 0 aliphatic rings.